The SMILES string of the molecule is CC(CCC(=O)/C=C/C(=O)O)OC1CCCCO1. The van der Waals surface area contributed by atoms with Crippen molar-refractivity contribution in [2.45, 2.75) is 51.4 Å². The fourth-order valence-electron chi connectivity index (χ4n) is 1.74. The van der Waals surface area contributed by atoms with Gasteiger partial charge in [0, 0.05) is 19.1 Å². The Morgan fingerprint density at radius 1 is 1.44 bits per heavy atom. The molecule has 1 N–H and O–H groups in total. The van der Waals surface area contributed by atoms with Gasteiger partial charge in [-0.25, -0.2) is 4.79 Å². The number of rotatable bonds is 7. The van der Waals surface area contributed by atoms with Crippen LogP contribution in [-0.4, -0.2) is 35.9 Å². The second-order valence-corrected chi connectivity index (χ2v) is 4.42. The van der Waals surface area contributed by atoms with Crippen LogP contribution < -0.4 is 0 Å². The van der Waals surface area contributed by atoms with Gasteiger partial charge in [-0.05, 0) is 38.7 Å². The van der Waals surface area contributed by atoms with Crippen LogP contribution in [0.1, 0.15) is 39.0 Å². The molecule has 0 bridgehead atoms. The number of hydrogen-bond acceptors (Lipinski definition) is 4. The van der Waals surface area contributed by atoms with E-state index in [-0.39, 0.29) is 24.6 Å². The maximum absolute atomic E-state index is 11.3. The Balaban J connectivity index is 2.17. The minimum Gasteiger partial charge on any atom is -0.478 e. The molecular formula is C13H20O5. The summed E-state index contributed by atoms with van der Waals surface area (Å²) >= 11 is 0. The molecule has 5 nitrogen and oxygen atoms in total. The molecule has 1 fully saturated rings. The van der Waals surface area contributed by atoms with Crippen molar-refractivity contribution in [2.24, 2.45) is 0 Å². The summed E-state index contributed by atoms with van der Waals surface area (Å²) in [6, 6.07) is 0. The van der Waals surface area contributed by atoms with E-state index >= 15 is 0 Å². The van der Waals surface area contributed by atoms with E-state index in [1.54, 1.807) is 0 Å². The fourth-order valence-corrected chi connectivity index (χ4v) is 1.74. The molecule has 18 heavy (non-hydrogen) atoms. The fraction of sp³-hybridized carbons (Fsp3) is 0.692. The van der Waals surface area contributed by atoms with Gasteiger partial charge in [-0.15, -0.1) is 0 Å². The second-order valence-electron chi connectivity index (χ2n) is 4.42. The Labute approximate surface area is 107 Å². The summed E-state index contributed by atoms with van der Waals surface area (Å²) in [6.45, 7) is 2.63. The first-order valence-electron chi connectivity index (χ1n) is 6.29. The molecule has 1 aliphatic rings. The molecule has 1 rings (SSSR count). The highest BCUT2D eigenvalue weighted by atomic mass is 16.7. The lowest BCUT2D eigenvalue weighted by molar-refractivity contribution is -0.185. The first-order valence-corrected chi connectivity index (χ1v) is 6.29. The van der Waals surface area contributed by atoms with E-state index in [0.717, 1.165) is 38.0 Å². The van der Waals surface area contributed by atoms with Crippen LogP contribution in [0.3, 0.4) is 0 Å². The van der Waals surface area contributed by atoms with Gasteiger partial charge in [-0.1, -0.05) is 0 Å². The van der Waals surface area contributed by atoms with Crippen LogP contribution in [0.15, 0.2) is 12.2 Å². The van der Waals surface area contributed by atoms with E-state index in [1.807, 2.05) is 6.92 Å². The van der Waals surface area contributed by atoms with E-state index in [9.17, 15) is 9.59 Å². The van der Waals surface area contributed by atoms with Crippen LogP contribution in [0.4, 0.5) is 0 Å². The average Bonchev–Trinajstić information content (AvgIpc) is 2.35. The summed E-state index contributed by atoms with van der Waals surface area (Å²) in [5.41, 5.74) is 0. The number of hydrogen-bond donors (Lipinski definition) is 1. The van der Waals surface area contributed by atoms with Gasteiger partial charge in [0.05, 0.1) is 6.10 Å². The zero-order chi connectivity index (χ0) is 13.4. The molecule has 5 heteroatoms. The summed E-state index contributed by atoms with van der Waals surface area (Å²) in [4.78, 5) is 21.5. The molecule has 0 aromatic heterocycles. The molecule has 0 radical (unpaired) electrons. The molecular weight excluding hydrogens is 236 g/mol. The predicted molar refractivity (Wildman–Crippen MR) is 65.2 cm³/mol. The Bertz CT molecular complexity index is 305. The first kappa shape index (κ1) is 14.9. The van der Waals surface area contributed by atoms with E-state index < -0.39 is 5.97 Å². The topological polar surface area (TPSA) is 72.8 Å². The molecule has 0 amide bonds. The Morgan fingerprint density at radius 3 is 2.83 bits per heavy atom. The van der Waals surface area contributed by atoms with Crippen LogP contribution in [0.5, 0.6) is 0 Å². The van der Waals surface area contributed by atoms with Crippen molar-refractivity contribution in [2.75, 3.05) is 6.61 Å². The number of carbonyl (C=O) groups is 2. The Kier molecular flexibility index (Phi) is 6.60. The van der Waals surface area contributed by atoms with Crippen LogP contribution in [0.25, 0.3) is 0 Å². The molecule has 2 atom stereocenters. The number of ether oxygens (including phenoxy) is 2. The van der Waals surface area contributed by atoms with Crippen molar-refractivity contribution in [1.29, 1.82) is 0 Å². The normalized spacial score (nSPS) is 21.9. The quantitative estimate of drug-likeness (QED) is 0.704. The van der Waals surface area contributed by atoms with Gasteiger partial charge in [0.15, 0.2) is 12.1 Å². The summed E-state index contributed by atoms with van der Waals surface area (Å²) in [5.74, 6) is -1.30. The highest BCUT2D eigenvalue weighted by Gasteiger charge is 2.17. The van der Waals surface area contributed by atoms with Crippen molar-refractivity contribution in [3.8, 4) is 0 Å². The van der Waals surface area contributed by atoms with Gasteiger partial charge >= 0.3 is 5.97 Å². The van der Waals surface area contributed by atoms with Gasteiger partial charge in [0.2, 0.25) is 0 Å². The van der Waals surface area contributed by atoms with Gasteiger partial charge in [-0.3, -0.25) is 4.79 Å². The lowest BCUT2D eigenvalue weighted by atomic mass is 10.1. The number of aliphatic carboxylic acids is 1. The number of carboxylic acids is 1. The van der Waals surface area contributed by atoms with Crippen LogP contribution in [-0.2, 0) is 19.1 Å². The molecule has 0 aromatic carbocycles. The zero-order valence-electron chi connectivity index (χ0n) is 10.6. The van der Waals surface area contributed by atoms with Crippen LogP contribution in [0.2, 0.25) is 0 Å². The molecule has 1 saturated heterocycles. The highest BCUT2D eigenvalue weighted by molar-refractivity contribution is 5.95. The van der Waals surface area contributed by atoms with Gasteiger partial charge in [0.1, 0.15) is 0 Å². The van der Waals surface area contributed by atoms with Crippen molar-refractivity contribution in [3.63, 3.8) is 0 Å². The molecule has 1 aliphatic heterocycles. The standard InChI is InChI=1S/C13H20O5/c1-10(18-13-4-2-3-9-17-13)5-6-11(14)7-8-12(15)16/h7-8,10,13H,2-6,9H2,1H3,(H,15,16)/b8-7+. The summed E-state index contributed by atoms with van der Waals surface area (Å²) in [6.07, 6.45) is 5.68. The molecule has 0 saturated carbocycles. The summed E-state index contributed by atoms with van der Waals surface area (Å²) < 4.78 is 11.1. The molecule has 2 unspecified atom stereocenters. The third kappa shape index (κ3) is 6.51. The lowest BCUT2D eigenvalue weighted by Crippen LogP contribution is -2.26. The maximum Gasteiger partial charge on any atom is 0.328 e. The van der Waals surface area contributed by atoms with Crippen molar-refractivity contribution >= 4 is 11.8 Å². The van der Waals surface area contributed by atoms with Gasteiger partial charge in [-0.2, -0.15) is 0 Å². The Hall–Kier alpha value is -1.20. The third-order valence-corrected chi connectivity index (χ3v) is 2.73. The maximum atomic E-state index is 11.3. The number of carbonyl (C=O) groups excluding carboxylic acids is 1. The van der Waals surface area contributed by atoms with Gasteiger partial charge in [0.25, 0.3) is 0 Å². The number of carboxylic acid groups (broad SMARTS) is 1. The highest BCUT2D eigenvalue weighted by Crippen LogP contribution is 2.17. The number of ketones is 1. The van der Waals surface area contributed by atoms with Crippen molar-refractivity contribution in [3.05, 3.63) is 12.2 Å². The molecule has 0 aliphatic carbocycles. The van der Waals surface area contributed by atoms with Crippen molar-refractivity contribution in [1.82, 2.24) is 0 Å². The first-order chi connectivity index (χ1) is 8.58. The monoisotopic (exact) mass is 256 g/mol. The van der Waals surface area contributed by atoms with Gasteiger partial charge < -0.3 is 14.6 Å². The van der Waals surface area contributed by atoms with E-state index in [1.165, 1.54) is 0 Å². The summed E-state index contributed by atoms with van der Waals surface area (Å²) in [5, 5.41) is 8.38. The minimum absolute atomic E-state index is 0.0599. The molecule has 0 aromatic rings. The molecule has 0 spiro atoms. The Morgan fingerprint density at radius 2 is 2.22 bits per heavy atom. The van der Waals surface area contributed by atoms with Crippen molar-refractivity contribution < 1.29 is 24.2 Å². The smallest absolute Gasteiger partial charge is 0.328 e. The molecule has 1 heterocycles. The van der Waals surface area contributed by atoms with Crippen LogP contribution >= 0.6 is 0 Å². The summed E-state index contributed by atoms with van der Waals surface area (Å²) in [7, 11) is 0. The minimum atomic E-state index is -1.11. The second kappa shape index (κ2) is 8.00. The average molecular weight is 256 g/mol. The van der Waals surface area contributed by atoms with E-state index in [2.05, 4.69) is 0 Å². The lowest BCUT2D eigenvalue weighted by Gasteiger charge is -2.25. The molecule has 102 valence electrons. The zero-order valence-corrected chi connectivity index (χ0v) is 10.6. The van der Waals surface area contributed by atoms with E-state index in [0.29, 0.717) is 6.42 Å². The van der Waals surface area contributed by atoms with Crippen LogP contribution in [0, 0.1) is 0 Å². The predicted octanol–water partition coefficient (Wildman–Crippen LogP) is 1.91. The largest absolute Gasteiger partial charge is 0.478 e. The third-order valence-electron chi connectivity index (χ3n) is 2.73. The van der Waals surface area contributed by atoms with E-state index in [4.69, 9.17) is 14.6 Å². The number of allylic oxidation sites excluding steroid dienone is 1.